The van der Waals surface area contributed by atoms with Crippen LogP contribution >= 0.6 is 0 Å². The van der Waals surface area contributed by atoms with Crippen molar-refractivity contribution >= 4 is 5.97 Å². The zero-order chi connectivity index (χ0) is 7.56. The van der Waals surface area contributed by atoms with E-state index in [2.05, 4.69) is 0 Å². The van der Waals surface area contributed by atoms with Crippen molar-refractivity contribution < 1.29 is 9.90 Å². The Morgan fingerprint density at radius 3 is 2.40 bits per heavy atom. The number of aliphatic carboxylic acids is 1. The second-order valence-corrected chi connectivity index (χ2v) is 2.21. The normalized spacial score (nSPS) is 19.7. The molecule has 0 bridgehead atoms. The fourth-order valence-electron chi connectivity index (χ4n) is 0.853. The zero-order valence-electron chi connectivity index (χ0n) is 5.40. The first-order valence-electron chi connectivity index (χ1n) is 3.05. The number of hydrogen-bond donors (Lipinski definition) is 2. The van der Waals surface area contributed by atoms with Crippen molar-refractivity contribution in [2.24, 2.45) is 11.7 Å². The summed E-state index contributed by atoms with van der Waals surface area (Å²) >= 11 is 0. The average molecular weight is 139 g/mol. The van der Waals surface area contributed by atoms with Crippen LogP contribution in [0.5, 0.6) is 0 Å². The topological polar surface area (TPSA) is 63.3 Å². The molecule has 0 saturated heterocycles. The van der Waals surface area contributed by atoms with Crippen LogP contribution in [0.4, 0.5) is 0 Å². The van der Waals surface area contributed by atoms with Gasteiger partial charge in [-0.15, -0.1) is 0 Å². The van der Waals surface area contributed by atoms with Crippen LogP contribution in [0.25, 0.3) is 0 Å². The van der Waals surface area contributed by atoms with Crippen LogP contribution in [-0.2, 0) is 4.79 Å². The zero-order valence-corrected chi connectivity index (χ0v) is 5.40. The first kappa shape index (κ1) is 7.02. The van der Waals surface area contributed by atoms with Gasteiger partial charge in [-0.05, 0) is 0 Å². The summed E-state index contributed by atoms with van der Waals surface area (Å²) in [5.74, 6) is -1.08. The van der Waals surface area contributed by atoms with Gasteiger partial charge in [-0.25, -0.2) is 0 Å². The summed E-state index contributed by atoms with van der Waals surface area (Å²) in [7, 11) is 0. The highest BCUT2D eigenvalue weighted by Gasteiger charge is 2.20. The molecule has 10 heavy (non-hydrogen) atoms. The van der Waals surface area contributed by atoms with E-state index in [9.17, 15) is 4.79 Å². The summed E-state index contributed by atoms with van der Waals surface area (Å²) in [6.45, 7) is 0. The average Bonchev–Trinajstić information content (AvgIpc) is 2.36. The summed E-state index contributed by atoms with van der Waals surface area (Å²) < 4.78 is 0. The maximum Gasteiger partial charge on any atom is 0.321 e. The number of carboxylic acid groups (broad SMARTS) is 1. The molecule has 0 saturated carbocycles. The molecule has 3 N–H and O–H groups in total. The molecule has 1 unspecified atom stereocenters. The van der Waals surface area contributed by atoms with Gasteiger partial charge in [-0.3, -0.25) is 4.79 Å². The Labute approximate surface area is 58.8 Å². The summed E-state index contributed by atoms with van der Waals surface area (Å²) in [6.07, 6.45) is 7.15. The molecule has 1 rings (SSSR count). The minimum Gasteiger partial charge on any atom is -0.480 e. The van der Waals surface area contributed by atoms with Gasteiger partial charge >= 0.3 is 5.97 Å². The van der Waals surface area contributed by atoms with Gasteiger partial charge in [0.2, 0.25) is 0 Å². The van der Waals surface area contributed by atoms with Gasteiger partial charge in [0.25, 0.3) is 0 Å². The fourth-order valence-corrected chi connectivity index (χ4v) is 0.853. The number of allylic oxidation sites excluding steroid dienone is 2. The predicted molar refractivity (Wildman–Crippen MR) is 37.4 cm³/mol. The summed E-state index contributed by atoms with van der Waals surface area (Å²) in [5.41, 5.74) is 5.32. The molecule has 0 amide bonds. The quantitative estimate of drug-likeness (QED) is 0.572. The minimum absolute atomic E-state index is 0.127. The van der Waals surface area contributed by atoms with E-state index in [1.54, 1.807) is 24.3 Å². The third-order valence-corrected chi connectivity index (χ3v) is 1.48. The molecule has 0 fully saturated rings. The number of carboxylic acids is 1. The van der Waals surface area contributed by atoms with Gasteiger partial charge in [0.05, 0.1) is 0 Å². The van der Waals surface area contributed by atoms with Crippen molar-refractivity contribution in [3.05, 3.63) is 24.3 Å². The van der Waals surface area contributed by atoms with Gasteiger partial charge in [0.1, 0.15) is 6.04 Å². The van der Waals surface area contributed by atoms with E-state index in [1.165, 1.54) is 0 Å². The highest BCUT2D eigenvalue weighted by atomic mass is 16.4. The molecule has 1 aliphatic rings. The van der Waals surface area contributed by atoms with Crippen molar-refractivity contribution in [1.29, 1.82) is 0 Å². The van der Waals surface area contributed by atoms with Crippen LogP contribution < -0.4 is 5.73 Å². The molecule has 0 aromatic carbocycles. The molecule has 54 valence electrons. The summed E-state index contributed by atoms with van der Waals surface area (Å²) in [6, 6.07) is -0.796. The van der Waals surface area contributed by atoms with Crippen molar-refractivity contribution in [2.75, 3.05) is 0 Å². The molecular weight excluding hydrogens is 130 g/mol. The van der Waals surface area contributed by atoms with Crippen molar-refractivity contribution in [2.45, 2.75) is 6.04 Å². The lowest BCUT2D eigenvalue weighted by Gasteiger charge is -2.09. The number of hydrogen-bond acceptors (Lipinski definition) is 2. The van der Waals surface area contributed by atoms with Gasteiger partial charge in [0.15, 0.2) is 0 Å². The van der Waals surface area contributed by atoms with E-state index in [4.69, 9.17) is 10.8 Å². The highest BCUT2D eigenvalue weighted by molar-refractivity contribution is 5.74. The maximum atomic E-state index is 10.3. The molecule has 0 aromatic rings. The van der Waals surface area contributed by atoms with Crippen molar-refractivity contribution in [3.63, 3.8) is 0 Å². The lowest BCUT2D eigenvalue weighted by Crippen LogP contribution is -2.35. The van der Waals surface area contributed by atoms with Gasteiger partial charge in [-0.1, -0.05) is 24.3 Å². The van der Waals surface area contributed by atoms with Crippen molar-refractivity contribution in [1.82, 2.24) is 0 Å². The monoisotopic (exact) mass is 139 g/mol. The second-order valence-electron chi connectivity index (χ2n) is 2.21. The molecule has 1 aliphatic carbocycles. The van der Waals surface area contributed by atoms with Crippen LogP contribution in [-0.4, -0.2) is 17.1 Å². The fraction of sp³-hybridized carbons (Fsp3) is 0.286. The minimum atomic E-state index is -0.957. The molecule has 3 nitrogen and oxygen atoms in total. The highest BCUT2D eigenvalue weighted by Crippen LogP contribution is 2.11. The lowest BCUT2D eigenvalue weighted by molar-refractivity contribution is -0.139. The molecule has 0 radical (unpaired) electrons. The molecule has 0 aromatic heterocycles. The van der Waals surface area contributed by atoms with E-state index in [1.807, 2.05) is 0 Å². The second kappa shape index (κ2) is 2.66. The Morgan fingerprint density at radius 1 is 1.50 bits per heavy atom. The Bertz CT molecular complexity index is 184. The number of rotatable bonds is 2. The van der Waals surface area contributed by atoms with Crippen LogP contribution in [0.15, 0.2) is 24.3 Å². The largest absolute Gasteiger partial charge is 0.480 e. The molecular formula is C7H9NO2. The van der Waals surface area contributed by atoms with Gasteiger partial charge in [-0.2, -0.15) is 0 Å². The Kier molecular flexibility index (Phi) is 1.87. The molecule has 0 aliphatic heterocycles. The standard InChI is InChI=1S/C7H9NO2/c8-6(7(9)10)5-3-1-2-4-5/h1-6H,8H2,(H,9,10). The predicted octanol–water partition coefficient (Wildman–Crippen LogP) is 0.140. The Morgan fingerprint density at radius 2 is 2.00 bits per heavy atom. The SMILES string of the molecule is NC(C(=O)O)C1C=CC=C1. The van der Waals surface area contributed by atoms with Crippen LogP contribution in [0, 0.1) is 5.92 Å². The Balaban J connectivity index is 2.57. The third kappa shape index (κ3) is 1.25. The van der Waals surface area contributed by atoms with E-state index in [0.29, 0.717) is 0 Å². The molecule has 0 spiro atoms. The van der Waals surface area contributed by atoms with E-state index in [-0.39, 0.29) is 5.92 Å². The molecule has 3 heteroatoms. The molecule has 0 heterocycles. The number of nitrogens with two attached hydrogens (primary N) is 1. The lowest BCUT2D eigenvalue weighted by atomic mass is 10.0. The van der Waals surface area contributed by atoms with Gasteiger partial charge in [0, 0.05) is 5.92 Å². The first-order valence-corrected chi connectivity index (χ1v) is 3.05. The first-order chi connectivity index (χ1) is 4.72. The smallest absolute Gasteiger partial charge is 0.321 e. The van der Waals surface area contributed by atoms with Gasteiger partial charge < -0.3 is 10.8 Å². The third-order valence-electron chi connectivity index (χ3n) is 1.48. The van der Waals surface area contributed by atoms with E-state index >= 15 is 0 Å². The van der Waals surface area contributed by atoms with Crippen LogP contribution in [0.3, 0.4) is 0 Å². The van der Waals surface area contributed by atoms with E-state index < -0.39 is 12.0 Å². The van der Waals surface area contributed by atoms with Crippen LogP contribution in [0.1, 0.15) is 0 Å². The number of carbonyl (C=O) groups is 1. The molecule has 1 atom stereocenters. The maximum absolute atomic E-state index is 10.3. The Hall–Kier alpha value is -1.09. The van der Waals surface area contributed by atoms with Crippen LogP contribution in [0.2, 0.25) is 0 Å². The summed E-state index contributed by atoms with van der Waals surface area (Å²) in [4.78, 5) is 10.3. The van der Waals surface area contributed by atoms with E-state index in [0.717, 1.165) is 0 Å². The summed E-state index contributed by atoms with van der Waals surface area (Å²) in [5, 5.41) is 8.45. The van der Waals surface area contributed by atoms with Crippen molar-refractivity contribution in [3.8, 4) is 0 Å².